The highest BCUT2D eigenvalue weighted by Gasteiger charge is 2.18. The first-order valence-electron chi connectivity index (χ1n) is 12.0. The average Bonchev–Trinajstić information content (AvgIpc) is 2.84. The van der Waals surface area contributed by atoms with Crippen molar-refractivity contribution in [2.45, 2.75) is 34.6 Å². The van der Waals surface area contributed by atoms with Gasteiger partial charge in [0.2, 0.25) is 5.52 Å². The molecule has 0 bridgehead atoms. The maximum atomic E-state index is 9.66. The van der Waals surface area contributed by atoms with Crippen molar-refractivity contribution >= 4 is 43.4 Å². The molecule has 196 valence electrons. The summed E-state index contributed by atoms with van der Waals surface area (Å²) in [4.78, 5) is 9.66. The van der Waals surface area contributed by atoms with E-state index in [0.717, 1.165) is 18.2 Å². The number of benzene rings is 3. The van der Waals surface area contributed by atoms with E-state index < -0.39 is 16.4 Å². The van der Waals surface area contributed by atoms with Crippen LogP contribution in [-0.2, 0) is 19.4 Å². The monoisotopic (exact) mass is 531 g/mol. The number of hydrogen-bond donors (Lipinski definition) is 0. The second kappa shape index (κ2) is 10.4. The highest BCUT2D eigenvalue weighted by Crippen LogP contribution is 2.36. The van der Waals surface area contributed by atoms with Gasteiger partial charge < -0.3 is 13.5 Å². The average molecular weight is 532 g/mol. The van der Waals surface area contributed by atoms with Gasteiger partial charge in [-0.2, -0.15) is 4.40 Å². The van der Waals surface area contributed by atoms with Gasteiger partial charge in [-0.15, -0.1) is 0 Å². The van der Waals surface area contributed by atoms with Gasteiger partial charge in [0.25, 0.3) is 10.4 Å². The second-order valence-electron chi connectivity index (χ2n) is 9.31. The number of aryl methyl sites for hydroxylation is 4. The molecule has 0 atom stereocenters. The molecule has 0 aliphatic carbocycles. The molecule has 7 nitrogen and oxygen atoms in total. The van der Waals surface area contributed by atoms with Crippen LogP contribution in [0.5, 0.6) is 5.75 Å². The Balaban J connectivity index is 0.000000368. The molecule has 5 rings (SSSR count). The van der Waals surface area contributed by atoms with Gasteiger partial charge in [-0.3, -0.25) is 4.79 Å². The topological polar surface area (TPSA) is 96.8 Å². The van der Waals surface area contributed by atoms with Gasteiger partial charge in [0.15, 0.2) is 11.9 Å². The van der Waals surface area contributed by atoms with E-state index in [9.17, 15) is 17.8 Å². The van der Waals surface area contributed by atoms with Gasteiger partial charge >= 0.3 is 5.97 Å². The summed E-state index contributed by atoms with van der Waals surface area (Å²) >= 11 is 0. The lowest BCUT2D eigenvalue weighted by Crippen LogP contribution is -2.25. The summed E-state index contributed by atoms with van der Waals surface area (Å²) in [5.74, 6) is -0.223. The van der Waals surface area contributed by atoms with Crippen LogP contribution in [0.1, 0.15) is 29.3 Å². The van der Waals surface area contributed by atoms with E-state index in [2.05, 4.69) is 103 Å². The lowest BCUT2D eigenvalue weighted by molar-refractivity contribution is -0.516. The van der Waals surface area contributed by atoms with Crippen molar-refractivity contribution in [2.24, 2.45) is 0 Å². The number of carbonyl (C=O) groups is 1. The molecule has 0 N–H and O–H groups in total. The van der Waals surface area contributed by atoms with Gasteiger partial charge in [-0.1, -0.05) is 35.9 Å². The van der Waals surface area contributed by atoms with Crippen LogP contribution < -0.4 is 9.14 Å². The number of pyridine rings is 2. The van der Waals surface area contributed by atoms with Crippen LogP contribution in [0.2, 0.25) is 0 Å². The van der Waals surface area contributed by atoms with Crippen molar-refractivity contribution in [2.75, 3.05) is 7.11 Å². The molecule has 5 aromatic rings. The summed E-state index contributed by atoms with van der Waals surface area (Å²) in [7, 11) is -3.08. The van der Waals surface area contributed by atoms with Gasteiger partial charge in [0.1, 0.15) is 5.75 Å². The van der Waals surface area contributed by atoms with Gasteiger partial charge in [-0.05, 0) is 66.4 Å². The zero-order valence-electron chi connectivity index (χ0n) is 22.2. The number of fused-ring (bicyclic) bond motifs is 4. The number of hydrogen-bond acceptors (Lipinski definition) is 6. The Bertz CT molecular complexity index is 1810. The SMILES string of the molecule is CC(=O)OS(=O)(=O)[O-].COc1cc2cc[n+]3c(C)c4cc(C)c(C)cc4cc3c2cc1-c1ccc(C)cc1. The first-order chi connectivity index (χ1) is 17.9. The van der Waals surface area contributed by atoms with Crippen molar-refractivity contribution in [1.82, 2.24) is 0 Å². The quantitative estimate of drug-likeness (QED) is 0.0981. The fourth-order valence-corrected chi connectivity index (χ4v) is 4.87. The molecular weight excluding hydrogens is 502 g/mol. The minimum absolute atomic E-state index is 0.829. The fraction of sp³-hybridized carbons (Fsp3) is 0.200. The summed E-state index contributed by atoms with van der Waals surface area (Å²) < 4.78 is 39.6. The number of carbonyl (C=O) groups excluding carboxylic acids is 1. The summed E-state index contributed by atoms with van der Waals surface area (Å²) in [5.41, 5.74) is 8.69. The highest BCUT2D eigenvalue weighted by atomic mass is 32.3. The van der Waals surface area contributed by atoms with Crippen LogP contribution in [-0.4, -0.2) is 26.0 Å². The van der Waals surface area contributed by atoms with E-state index in [1.54, 1.807) is 7.11 Å². The Labute approximate surface area is 222 Å². The predicted octanol–water partition coefficient (Wildman–Crippen LogP) is 5.65. The third-order valence-corrected chi connectivity index (χ3v) is 7.04. The van der Waals surface area contributed by atoms with E-state index in [1.165, 1.54) is 55.0 Å². The second-order valence-corrected chi connectivity index (χ2v) is 10.3. The van der Waals surface area contributed by atoms with E-state index in [1.807, 2.05) is 0 Å². The van der Waals surface area contributed by atoms with Crippen LogP contribution in [0.3, 0.4) is 0 Å². The number of ether oxygens (including phenoxy) is 1. The molecule has 8 heteroatoms. The summed E-state index contributed by atoms with van der Waals surface area (Å²) in [5, 5.41) is 5.01. The summed E-state index contributed by atoms with van der Waals surface area (Å²) in [6.07, 6.45) is 2.17. The van der Waals surface area contributed by atoms with Crippen LogP contribution in [0.25, 0.3) is 38.2 Å². The molecule has 0 amide bonds. The number of rotatable bonds is 3. The number of methoxy groups -OCH3 is 1. The van der Waals surface area contributed by atoms with Crippen LogP contribution in [0, 0.1) is 27.7 Å². The molecule has 0 aliphatic rings. The van der Waals surface area contributed by atoms with Crippen molar-refractivity contribution in [1.29, 1.82) is 0 Å². The molecule has 2 aromatic heterocycles. The van der Waals surface area contributed by atoms with Crippen molar-refractivity contribution < 1.29 is 31.1 Å². The Morgan fingerprint density at radius 1 is 0.842 bits per heavy atom. The standard InChI is InChI=1S/C28H26NO.C2H4O5S/c1-17-6-8-21(9-7-17)26-16-25-22(15-28(26)30-5)10-11-29-20(4)24-13-19(3)18(2)12-23(24)14-27(25)29;1-2(3)7-8(4,5)6/h6-16H,1-5H3;1H3,(H,4,5,6)/q+1;/p-1. The van der Waals surface area contributed by atoms with Gasteiger partial charge in [0, 0.05) is 36.9 Å². The lowest BCUT2D eigenvalue weighted by Gasteiger charge is -2.12. The summed E-state index contributed by atoms with van der Waals surface area (Å²) in [6.45, 7) is 9.52. The third kappa shape index (κ3) is 5.61. The van der Waals surface area contributed by atoms with Crippen LogP contribution in [0.4, 0.5) is 0 Å². The van der Waals surface area contributed by atoms with E-state index >= 15 is 0 Å². The molecule has 0 saturated heterocycles. The van der Waals surface area contributed by atoms with E-state index in [4.69, 9.17) is 4.74 Å². The third-order valence-electron chi connectivity index (χ3n) is 6.60. The van der Waals surface area contributed by atoms with Crippen LogP contribution >= 0.6 is 0 Å². The Hall–Kier alpha value is -4.01. The maximum absolute atomic E-state index is 9.66. The van der Waals surface area contributed by atoms with Crippen molar-refractivity contribution in [3.63, 3.8) is 0 Å². The van der Waals surface area contributed by atoms with E-state index in [-0.39, 0.29) is 0 Å². The highest BCUT2D eigenvalue weighted by molar-refractivity contribution is 7.81. The molecule has 0 saturated carbocycles. The van der Waals surface area contributed by atoms with E-state index in [0.29, 0.717) is 0 Å². The number of aromatic nitrogens is 1. The fourth-order valence-electron chi connectivity index (χ4n) is 4.58. The predicted molar refractivity (Wildman–Crippen MR) is 147 cm³/mol. The largest absolute Gasteiger partial charge is 0.716 e. The lowest BCUT2D eigenvalue weighted by atomic mass is 9.97. The zero-order valence-corrected chi connectivity index (χ0v) is 23.0. The molecule has 2 heterocycles. The van der Waals surface area contributed by atoms with Crippen molar-refractivity contribution in [3.8, 4) is 16.9 Å². The van der Waals surface area contributed by atoms with Crippen molar-refractivity contribution in [3.05, 3.63) is 89.2 Å². The first-order valence-corrected chi connectivity index (χ1v) is 13.3. The Morgan fingerprint density at radius 3 is 2.08 bits per heavy atom. The Morgan fingerprint density at radius 2 is 1.50 bits per heavy atom. The van der Waals surface area contributed by atoms with Gasteiger partial charge in [0.05, 0.1) is 12.5 Å². The minimum Gasteiger partial charge on any atom is -0.716 e. The molecule has 3 aromatic carbocycles. The molecule has 0 unspecified atom stereocenters. The minimum atomic E-state index is -4.82. The van der Waals surface area contributed by atoms with Crippen LogP contribution in [0.15, 0.2) is 66.9 Å². The Kier molecular flexibility index (Phi) is 7.40. The molecular formula is C30H29NO6S. The molecule has 0 radical (unpaired) electrons. The number of nitrogens with zero attached hydrogens (tertiary/aromatic N) is 1. The molecule has 0 spiro atoms. The molecule has 38 heavy (non-hydrogen) atoms. The zero-order chi connectivity index (χ0) is 27.8. The molecule has 0 aliphatic heterocycles. The first kappa shape index (κ1) is 27.0. The van der Waals surface area contributed by atoms with Gasteiger partial charge in [-0.25, -0.2) is 8.42 Å². The normalized spacial score (nSPS) is 11.3. The molecule has 0 fully saturated rings. The maximum Gasteiger partial charge on any atom is 0.318 e. The summed E-state index contributed by atoms with van der Waals surface area (Å²) in [6, 6.07) is 22.2. The smallest absolute Gasteiger partial charge is 0.318 e.